The Morgan fingerprint density at radius 3 is 2.42 bits per heavy atom. The summed E-state index contributed by atoms with van der Waals surface area (Å²) in [7, 11) is 0.876. The first-order chi connectivity index (χ1) is 16.0. The van der Waals surface area contributed by atoms with Crippen LogP contribution in [-0.2, 0) is 22.8 Å². The van der Waals surface area contributed by atoms with Gasteiger partial charge in [-0.3, -0.25) is 4.79 Å². The zero-order chi connectivity index (χ0) is 23.8. The molecule has 3 rings (SSSR count). The summed E-state index contributed by atoms with van der Waals surface area (Å²) in [5, 5.41) is 1.09. The Labute approximate surface area is 196 Å². The van der Waals surface area contributed by atoms with Gasteiger partial charge in [-0.1, -0.05) is 18.7 Å². The lowest BCUT2D eigenvalue weighted by molar-refractivity contribution is -0.137. The maximum Gasteiger partial charge on any atom is 0.748 e. The van der Waals surface area contributed by atoms with E-state index in [0.717, 1.165) is 10.8 Å². The third kappa shape index (κ3) is 5.78. The molecule has 0 aliphatic carbocycles. The first-order valence-electron chi connectivity index (χ1n) is 10.2. The largest absolute Gasteiger partial charge is 0.748 e. The lowest BCUT2D eigenvalue weighted by Crippen LogP contribution is -2.49. The predicted molar refractivity (Wildman–Crippen MR) is 129 cm³/mol. The molecule has 0 amide bonds. The highest BCUT2D eigenvalue weighted by molar-refractivity contribution is 7.24. The van der Waals surface area contributed by atoms with Crippen molar-refractivity contribution in [2.45, 2.75) is 12.8 Å². The lowest BCUT2D eigenvalue weighted by Gasteiger charge is -2.24. The van der Waals surface area contributed by atoms with Crippen LogP contribution in [0.3, 0.4) is 0 Å². The quantitative estimate of drug-likeness (QED) is 0.123. The van der Waals surface area contributed by atoms with Crippen molar-refractivity contribution in [3.63, 3.8) is 0 Å². The Balaban J connectivity index is 1.93. The fourth-order valence-electron chi connectivity index (χ4n) is 3.14. The van der Waals surface area contributed by atoms with Gasteiger partial charge in [0.05, 0.1) is 17.9 Å². The molecular formula is C23H26O8SSi. The van der Waals surface area contributed by atoms with E-state index in [1.54, 1.807) is 18.2 Å². The normalized spacial score (nSPS) is 11.5. The molecular weight excluding hydrogens is 464 g/mol. The SMILES string of the molecule is C=CC(=O)OCCCCOc1cc(O[Si](OC)(OC)OC)c2sc3ccccc3c(=O)c2c1. The molecule has 0 aliphatic rings. The number of carbonyl (C=O) groups is 1. The molecule has 1 heterocycles. The van der Waals surface area contributed by atoms with Crippen LogP contribution in [-0.4, -0.2) is 49.6 Å². The van der Waals surface area contributed by atoms with E-state index in [1.165, 1.54) is 32.7 Å². The van der Waals surface area contributed by atoms with E-state index in [4.69, 9.17) is 27.2 Å². The molecule has 0 radical (unpaired) electrons. The molecule has 0 bridgehead atoms. The van der Waals surface area contributed by atoms with E-state index in [-0.39, 0.29) is 12.0 Å². The van der Waals surface area contributed by atoms with Crippen LogP contribution >= 0.6 is 11.3 Å². The van der Waals surface area contributed by atoms with Crippen molar-refractivity contribution in [2.75, 3.05) is 34.5 Å². The Hall–Kier alpha value is -2.76. The zero-order valence-corrected chi connectivity index (χ0v) is 20.6. The van der Waals surface area contributed by atoms with E-state index in [1.807, 2.05) is 18.2 Å². The minimum absolute atomic E-state index is 0.120. The summed E-state index contributed by atoms with van der Waals surface area (Å²) >= 11 is 1.43. The van der Waals surface area contributed by atoms with Gasteiger partial charge in [-0.2, -0.15) is 0 Å². The molecule has 176 valence electrons. The summed E-state index contributed by atoms with van der Waals surface area (Å²) in [5.41, 5.74) is -0.120. The summed E-state index contributed by atoms with van der Waals surface area (Å²) in [6, 6.07) is 10.8. The van der Waals surface area contributed by atoms with Gasteiger partial charge in [-0.15, -0.1) is 11.3 Å². The Morgan fingerprint density at radius 1 is 1.03 bits per heavy atom. The topological polar surface area (TPSA) is 89.5 Å². The van der Waals surface area contributed by atoms with Crippen LogP contribution in [0.15, 0.2) is 53.8 Å². The molecule has 0 spiro atoms. The van der Waals surface area contributed by atoms with Crippen molar-refractivity contribution in [1.82, 2.24) is 0 Å². The maximum absolute atomic E-state index is 13.2. The van der Waals surface area contributed by atoms with Gasteiger partial charge >= 0.3 is 15.0 Å². The molecule has 0 aliphatic heterocycles. The number of ether oxygens (including phenoxy) is 2. The number of esters is 1. The molecule has 0 unspecified atom stereocenters. The average Bonchev–Trinajstić information content (AvgIpc) is 2.85. The standard InChI is InChI=1S/C23H26O8SSi/c1-5-21(24)30-13-9-8-12-29-16-14-18-22(25)17-10-6-7-11-20(17)32-23(18)19(15-16)31-33(26-2,27-3)28-4/h5-7,10-11,14-15H,1,8-9,12-13H2,2-4H3. The molecule has 33 heavy (non-hydrogen) atoms. The predicted octanol–water partition coefficient (Wildman–Crippen LogP) is 4.06. The van der Waals surface area contributed by atoms with Crippen LogP contribution in [0.25, 0.3) is 20.2 Å². The minimum Gasteiger partial charge on any atom is -0.493 e. The molecule has 0 saturated carbocycles. The molecule has 3 aromatic rings. The van der Waals surface area contributed by atoms with Crippen molar-refractivity contribution < 1.29 is 32.0 Å². The number of hydrogen-bond acceptors (Lipinski definition) is 9. The van der Waals surface area contributed by atoms with Gasteiger partial charge in [0.1, 0.15) is 11.5 Å². The molecule has 1 aromatic heterocycles. The van der Waals surface area contributed by atoms with E-state index >= 15 is 0 Å². The van der Waals surface area contributed by atoms with Crippen LogP contribution in [0.5, 0.6) is 11.5 Å². The Kier molecular flexibility index (Phi) is 8.59. The summed E-state index contributed by atoms with van der Waals surface area (Å²) in [5.74, 6) is 0.393. The van der Waals surface area contributed by atoms with Gasteiger partial charge in [-0.25, -0.2) is 4.79 Å². The number of hydrogen-bond donors (Lipinski definition) is 0. The monoisotopic (exact) mass is 490 g/mol. The van der Waals surface area contributed by atoms with Crippen molar-refractivity contribution in [1.29, 1.82) is 0 Å². The summed E-state index contributed by atoms with van der Waals surface area (Å²) in [6.45, 7) is 4.00. The first-order valence-corrected chi connectivity index (χ1v) is 12.7. The highest BCUT2D eigenvalue weighted by atomic mass is 32.1. The van der Waals surface area contributed by atoms with Crippen LogP contribution < -0.4 is 14.6 Å². The highest BCUT2D eigenvalue weighted by Crippen LogP contribution is 2.37. The number of unbranched alkanes of at least 4 members (excludes halogenated alkanes) is 1. The third-order valence-corrected chi connectivity index (χ3v) is 7.99. The summed E-state index contributed by atoms with van der Waals surface area (Å²) in [4.78, 5) is 24.3. The second kappa shape index (κ2) is 11.4. The number of fused-ring (bicyclic) bond motifs is 2. The zero-order valence-electron chi connectivity index (χ0n) is 18.8. The van der Waals surface area contributed by atoms with Gasteiger partial charge in [0.25, 0.3) is 0 Å². The minimum atomic E-state index is -3.45. The second-order valence-corrected chi connectivity index (χ2v) is 10.3. The first kappa shape index (κ1) is 24.9. The van der Waals surface area contributed by atoms with Crippen molar-refractivity contribution in [3.05, 3.63) is 59.3 Å². The van der Waals surface area contributed by atoms with Crippen molar-refractivity contribution in [2.24, 2.45) is 0 Å². The lowest BCUT2D eigenvalue weighted by atomic mass is 10.1. The van der Waals surface area contributed by atoms with Crippen LogP contribution in [0.2, 0.25) is 0 Å². The van der Waals surface area contributed by atoms with Gasteiger partial charge < -0.3 is 27.2 Å². The van der Waals surface area contributed by atoms with Gasteiger partial charge in [0.2, 0.25) is 0 Å². The van der Waals surface area contributed by atoms with Gasteiger partial charge in [0.15, 0.2) is 5.43 Å². The number of rotatable bonds is 12. The Bertz CT molecular complexity index is 1180. The van der Waals surface area contributed by atoms with E-state index in [9.17, 15) is 9.59 Å². The Morgan fingerprint density at radius 2 is 1.73 bits per heavy atom. The molecule has 0 atom stereocenters. The van der Waals surface area contributed by atoms with Crippen LogP contribution in [0, 0.1) is 0 Å². The summed E-state index contributed by atoms with van der Waals surface area (Å²) < 4.78 is 34.6. The van der Waals surface area contributed by atoms with Crippen LogP contribution in [0.4, 0.5) is 0 Å². The van der Waals surface area contributed by atoms with Crippen LogP contribution in [0.1, 0.15) is 12.8 Å². The fraction of sp³-hybridized carbons (Fsp3) is 0.304. The molecule has 0 saturated heterocycles. The van der Waals surface area contributed by atoms with E-state index in [0.29, 0.717) is 46.4 Å². The smallest absolute Gasteiger partial charge is 0.493 e. The number of carbonyl (C=O) groups excluding carboxylic acids is 1. The molecule has 0 fully saturated rings. The van der Waals surface area contributed by atoms with Crippen molar-refractivity contribution >= 4 is 46.5 Å². The molecule has 2 aromatic carbocycles. The number of benzene rings is 2. The molecule has 0 N–H and O–H groups in total. The fourth-order valence-corrected chi connectivity index (χ4v) is 5.50. The van der Waals surface area contributed by atoms with Gasteiger partial charge in [-0.05, 0) is 31.0 Å². The second-order valence-electron chi connectivity index (χ2n) is 6.87. The van der Waals surface area contributed by atoms with Crippen molar-refractivity contribution in [3.8, 4) is 11.5 Å². The third-order valence-electron chi connectivity index (χ3n) is 4.82. The maximum atomic E-state index is 13.2. The molecule has 10 heteroatoms. The average molecular weight is 491 g/mol. The highest BCUT2D eigenvalue weighted by Gasteiger charge is 2.45. The molecule has 8 nitrogen and oxygen atoms in total. The van der Waals surface area contributed by atoms with E-state index in [2.05, 4.69) is 6.58 Å². The van der Waals surface area contributed by atoms with Gasteiger partial charge in [0, 0.05) is 48.9 Å². The van der Waals surface area contributed by atoms with E-state index < -0.39 is 15.0 Å². The summed E-state index contributed by atoms with van der Waals surface area (Å²) in [6.07, 6.45) is 2.40.